The molecule has 1 N–H and O–H groups in total. The normalized spacial score (nSPS) is 31.5. The fourth-order valence-corrected chi connectivity index (χ4v) is 4.06. The molecule has 20 heavy (non-hydrogen) atoms. The maximum absolute atomic E-state index is 12.7. The zero-order chi connectivity index (χ0) is 13.5. The third-order valence-electron chi connectivity index (χ3n) is 5.15. The highest BCUT2D eigenvalue weighted by Crippen LogP contribution is 2.34. The molecule has 2 aliphatic heterocycles. The van der Waals surface area contributed by atoms with E-state index in [9.17, 15) is 4.79 Å². The van der Waals surface area contributed by atoms with Crippen LogP contribution in [0, 0.1) is 5.92 Å². The van der Waals surface area contributed by atoms with Crippen molar-refractivity contribution in [1.29, 1.82) is 0 Å². The topological polar surface area (TPSA) is 38.3 Å². The van der Waals surface area contributed by atoms with E-state index in [0.29, 0.717) is 6.04 Å². The zero-order valence-corrected chi connectivity index (χ0v) is 11.7. The van der Waals surface area contributed by atoms with Crippen LogP contribution in [0.3, 0.4) is 0 Å². The first-order valence-corrected chi connectivity index (χ1v) is 7.87. The van der Waals surface area contributed by atoms with E-state index in [4.69, 9.17) is 4.74 Å². The monoisotopic (exact) mass is 271 g/mol. The zero-order valence-electron chi connectivity index (χ0n) is 11.7. The average molecular weight is 271 g/mol. The number of fused-ring (bicyclic) bond motifs is 2. The lowest BCUT2D eigenvalue weighted by Crippen LogP contribution is -2.37. The Morgan fingerprint density at radius 2 is 2.15 bits per heavy atom. The molecule has 4 rings (SSSR count). The molecular weight excluding hydrogens is 250 g/mol. The molecule has 0 radical (unpaired) electrons. The smallest absolute Gasteiger partial charge is 0.179 e. The van der Waals surface area contributed by atoms with Crippen LogP contribution in [0.2, 0.25) is 0 Å². The van der Waals surface area contributed by atoms with Gasteiger partial charge in [0.1, 0.15) is 5.75 Å². The van der Waals surface area contributed by atoms with E-state index in [1.807, 2.05) is 18.2 Å². The molecule has 1 saturated carbocycles. The van der Waals surface area contributed by atoms with Crippen LogP contribution in [0.1, 0.15) is 48.0 Å². The van der Waals surface area contributed by atoms with E-state index in [1.54, 1.807) is 0 Å². The van der Waals surface area contributed by atoms with Crippen molar-refractivity contribution in [2.75, 3.05) is 6.61 Å². The Balaban J connectivity index is 1.53. The van der Waals surface area contributed by atoms with Gasteiger partial charge < -0.3 is 10.1 Å². The number of Topliss-reactive ketones (excluding diaryl/α,β-unsaturated/α-hetero) is 1. The molecule has 3 heteroatoms. The van der Waals surface area contributed by atoms with Crippen LogP contribution in [0.15, 0.2) is 18.2 Å². The van der Waals surface area contributed by atoms with E-state index < -0.39 is 0 Å². The Kier molecular flexibility index (Phi) is 3.03. The minimum Gasteiger partial charge on any atom is -0.493 e. The Morgan fingerprint density at radius 3 is 3.05 bits per heavy atom. The second kappa shape index (κ2) is 4.88. The Morgan fingerprint density at radius 1 is 1.25 bits per heavy atom. The number of nitrogens with one attached hydrogen (secondary N) is 1. The molecule has 106 valence electrons. The summed E-state index contributed by atoms with van der Waals surface area (Å²) in [4.78, 5) is 12.7. The molecule has 0 amide bonds. The van der Waals surface area contributed by atoms with E-state index in [-0.39, 0.29) is 11.8 Å². The predicted molar refractivity (Wildman–Crippen MR) is 77.3 cm³/mol. The maximum Gasteiger partial charge on any atom is 0.179 e. The number of hydrogen-bond acceptors (Lipinski definition) is 3. The van der Waals surface area contributed by atoms with Crippen molar-refractivity contribution in [2.24, 2.45) is 5.92 Å². The van der Waals surface area contributed by atoms with Gasteiger partial charge in [-0.2, -0.15) is 0 Å². The van der Waals surface area contributed by atoms with Crippen molar-refractivity contribution in [3.63, 3.8) is 0 Å². The summed E-state index contributed by atoms with van der Waals surface area (Å²) in [7, 11) is 0. The fraction of sp³-hybridized carbons (Fsp3) is 0.588. The first-order valence-electron chi connectivity index (χ1n) is 7.87. The van der Waals surface area contributed by atoms with E-state index in [0.717, 1.165) is 36.7 Å². The van der Waals surface area contributed by atoms with Gasteiger partial charge in [-0.3, -0.25) is 4.79 Å². The molecule has 1 aromatic rings. The van der Waals surface area contributed by atoms with Crippen LogP contribution >= 0.6 is 0 Å². The lowest BCUT2D eigenvalue weighted by atomic mass is 9.84. The molecule has 3 nitrogen and oxygen atoms in total. The van der Waals surface area contributed by atoms with Gasteiger partial charge in [-0.05, 0) is 48.9 Å². The van der Waals surface area contributed by atoms with Gasteiger partial charge in [0.2, 0.25) is 0 Å². The summed E-state index contributed by atoms with van der Waals surface area (Å²) in [5.74, 6) is 1.94. The second-order valence-corrected chi connectivity index (χ2v) is 6.39. The first-order chi connectivity index (χ1) is 9.81. The molecular formula is C17H21NO2. The summed E-state index contributed by atoms with van der Waals surface area (Å²) in [6.07, 6.45) is 7.13. The fourth-order valence-electron chi connectivity index (χ4n) is 4.06. The van der Waals surface area contributed by atoms with Crippen molar-refractivity contribution in [2.45, 2.75) is 50.6 Å². The largest absolute Gasteiger partial charge is 0.493 e. The Labute approximate surface area is 119 Å². The van der Waals surface area contributed by atoms with Crippen LogP contribution in [-0.4, -0.2) is 24.5 Å². The predicted octanol–water partition coefficient (Wildman–Crippen LogP) is 2.72. The minimum atomic E-state index is 0.0310. The molecule has 3 aliphatic rings. The number of carbonyl (C=O) groups is 1. The van der Waals surface area contributed by atoms with Gasteiger partial charge in [0.05, 0.1) is 12.6 Å². The first kappa shape index (κ1) is 12.4. The summed E-state index contributed by atoms with van der Waals surface area (Å²) in [5.41, 5.74) is 2.04. The Hall–Kier alpha value is -1.35. The molecule has 1 aromatic carbocycles. The number of hydrogen-bond donors (Lipinski definition) is 1. The Bertz CT molecular complexity index is 526. The lowest BCUT2D eigenvalue weighted by Gasteiger charge is -2.24. The molecule has 2 heterocycles. The molecule has 1 saturated heterocycles. The van der Waals surface area contributed by atoms with Crippen LogP contribution in [-0.2, 0) is 6.42 Å². The lowest BCUT2D eigenvalue weighted by molar-refractivity contribution is 0.0949. The van der Waals surface area contributed by atoms with Crippen molar-refractivity contribution >= 4 is 5.78 Å². The number of ether oxygens (including phenoxy) is 1. The van der Waals surface area contributed by atoms with Crippen LogP contribution in [0.25, 0.3) is 0 Å². The van der Waals surface area contributed by atoms with Gasteiger partial charge >= 0.3 is 0 Å². The standard InChI is InChI=1S/C17H21NO2/c19-17(13-5-6-16-12(9-13)7-8-20-16)15-10-11-3-1-2-4-14(11)18-15/h5-6,9,11,14-15,18H,1-4,7-8,10H2. The highest BCUT2D eigenvalue weighted by atomic mass is 16.5. The van der Waals surface area contributed by atoms with Crippen LogP contribution < -0.4 is 10.1 Å². The molecule has 0 bridgehead atoms. The third-order valence-corrected chi connectivity index (χ3v) is 5.15. The SMILES string of the molecule is O=C(c1ccc2c(c1)CCO2)C1CC2CCCCC2N1. The van der Waals surface area contributed by atoms with E-state index >= 15 is 0 Å². The van der Waals surface area contributed by atoms with Crippen molar-refractivity contribution < 1.29 is 9.53 Å². The van der Waals surface area contributed by atoms with E-state index in [1.165, 1.54) is 31.2 Å². The van der Waals surface area contributed by atoms with Gasteiger partial charge in [0.25, 0.3) is 0 Å². The third kappa shape index (κ3) is 2.05. The minimum absolute atomic E-state index is 0.0310. The summed E-state index contributed by atoms with van der Waals surface area (Å²) < 4.78 is 5.51. The summed E-state index contributed by atoms with van der Waals surface area (Å²) in [6.45, 7) is 0.749. The molecule has 0 aromatic heterocycles. The summed E-state index contributed by atoms with van der Waals surface area (Å²) in [5, 5.41) is 3.58. The van der Waals surface area contributed by atoms with Gasteiger partial charge in [-0.1, -0.05) is 12.8 Å². The molecule has 0 spiro atoms. The molecule has 3 unspecified atom stereocenters. The average Bonchev–Trinajstić information content (AvgIpc) is 3.11. The van der Waals surface area contributed by atoms with E-state index in [2.05, 4.69) is 5.32 Å². The van der Waals surface area contributed by atoms with Crippen molar-refractivity contribution in [3.8, 4) is 5.75 Å². The van der Waals surface area contributed by atoms with Gasteiger partial charge in [0.15, 0.2) is 5.78 Å². The number of benzene rings is 1. The summed E-state index contributed by atoms with van der Waals surface area (Å²) >= 11 is 0. The van der Waals surface area contributed by atoms with Gasteiger partial charge in [0, 0.05) is 18.0 Å². The summed E-state index contributed by atoms with van der Waals surface area (Å²) in [6, 6.07) is 6.53. The second-order valence-electron chi connectivity index (χ2n) is 6.39. The van der Waals surface area contributed by atoms with Crippen molar-refractivity contribution in [3.05, 3.63) is 29.3 Å². The van der Waals surface area contributed by atoms with Gasteiger partial charge in [-0.25, -0.2) is 0 Å². The quantitative estimate of drug-likeness (QED) is 0.841. The van der Waals surface area contributed by atoms with Crippen LogP contribution in [0.5, 0.6) is 5.75 Å². The molecule has 1 aliphatic carbocycles. The van der Waals surface area contributed by atoms with Crippen LogP contribution in [0.4, 0.5) is 0 Å². The molecule has 2 fully saturated rings. The molecule has 3 atom stereocenters. The highest BCUT2D eigenvalue weighted by molar-refractivity contribution is 6.00. The van der Waals surface area contributed by atoms with Crippen molar-refractivity contribution in [1.82, 2.24) is 5.32 Å². The maximum atomic E-state index is 12.7. The number of carbonyl (C=O) groups excluding carboxylic acids is 1. The van der Waals surface area contributed by atoms with Gasteiger partial charge in [-0.15, -0.1) is 0 Å². The number of ketones is 1. The number of rotatable bonds is 2. The highest BCUT2D eigenvalue weighted by Gasteiger charge is 2.38.